The molecule has 0 aliphatic rings. The van der Waals surface area contributed by atoms with Gasteiger partial charge in [0.15, 0.2) is 0 Å². The summed E-state index contributed by atoms with van der Waals surface area (Å²) in [5, 5.41) is 4.80. The highest BCUT2D eigenvalue weighted by Crippen LogP contribution is 2.09. The first-order valence-electron chi connectivity index (χ1n) is 4.99. The molecule has 18 heavy (non-hydrogen) atoms. The van der Waals surface area contributed by atoms with Gasteiger partial charge in [-0.2, -0.15) is 0 Å². The number of halogens is 1. The largest absolute Gasteiger partial charge is 0.301 e. The van der Waals surface area contributed by atoms with Crippen molar-refractivity contribution in [2.24, 2.45) is 0 Å². The average Bonchev–Trinajstić information content (AvgIpc) is 2.73. The first kappa shape index (κ1) is 12.5. The molecular weight excluding hydrogens is 261 g/mol. The Morgan fingerprint density at radius 1 is 1.17 bits per heavy atom. The van der Waals surface area contributed by atoms with Gasteiger partial charge in [-0.15, -0.1) is 0 Å². The van der Waals surface area contributed by atoms with Crippen LogP contribution < -0.4 is 10.3 Å². The zero-order valence-electron chi connectivity index (χ0n) is 9.10. The van der Waals surface area contributed by atoms with Gasteiger partial charge in [0, 0.05) is 6.07 Å². The van der Waals surface area contributed by atoms with Crippen molar-refractivity contribution in [3.05, 3.63) is 52.2 Å². The number of rotatable bonds is 4. The van der Waals surface area contributed by atoms with Crippen LogP contribution in [0.4, 0.5) is 4.39 Å². The van der Waals surface area contributed by atoms with E-state index in [4.69, 9.17) is 0 Å². The van der Waals surface area contributed by atoms with E-state index in [-0.39, 0.29) is 17.0 Å². The zero-order chi connectivity index (χ0) is 13.2. The topological polar surface area (TPSA) is 94.8 Å². The van der Waals surface area contributed by atoms with Crippen molar-refractivity contribution >= 4 is 10.0 Å². The van der Waals surface area contributed by atoms with Gasteiger partial charge in [0.05, 0.1) is 17.1 Å². The molecule has 1 aromatic heterocycles. The van der Waals surface area contributed by atoms with Gasteiger partial charge in [0.25, 0.3) is 5.56 Å². The van der Waals surface area contributed by atoms with E-state index in [0.717, 1.165) is 24.3 Å². The second-order valence-corrected chi connectivity index (χ2v) is 5.33. The molecule has 1 heterocycles. The van der Waals surface area contributed by atoms with E-state index in [1.54, 1.807) is 0 Å². The predicted octanol–water partition coefficient (Wildman–Crippen LogP) is 0.321. The molecule has 0 aliphatic heterocycles. The Bertz CT molecular complexity index is 688. The molecule has 0 atom stereocenters. The smallest absolute Gasteiger partial charge is 0.264 e. The maximum atomic E-state index is 12.7. The minimum Gasteiger partial charge on any atom is -0.301 e. The van der Waals surface area contributed by atoms with Crippen molar-refractivity contribution in [1.29, 1.82) is 0 Å². The van der Waals surface area contributed by atoms with E-state index < -0.39 is 15.8 Å². The average molecular weight is 271 g/mol. The van der Waals surface area contributed by atoms with Crippen LogP contribution in [0.1, 0.15) is 5.69 Å². The number of aromatic nitrogens is 2. The second-order valence-electron chi connectivity index (χ2n) is 3.56. The summed E-state index contributed by atoms with van der Waals surface area (Å²) in [6.45, 7) is -0.0571. The zero-order valence-corrected chi connectivity index (χ0v) is 9.92. The van der Waals surface area contributed by atoms with Gasteiger partial charge >= 0.3 is 0 Å². The Morgan fingerprint density at radius 2 is 1.83 bits per heavy atom. The SMILES string of the molecule is O=c1cc(CNS(=O)(=O)c2ccc(F)cc2)[nH][nH]1. The summed E-state index contributed by atoms with van der Waals surface area (Å²) in [7, 11) is -3.72. The van der Waals surface area contributed by atoms with Gasteiger partial charge in [0.1, 0.15) is 5.82 Å². The second kappa shape index (κ2) is 4.75. The van der Waals surface area contributed by atoms with Crippen LogP contribution in [-0.4, -0.2) is 18.6 Å². The summed E-state index contributed by atoms with van der Waals surface area (Å²) < 4.78 is 38.5. The third-order valence-corrected chi connectivity index (χ3v) is 3.65. The molecule has 0 bridgehead atoms. The number of H-pyrrole nitrogens is 2. The van der Waals surface area contributed by atoms with Crippen molar-refractivity contribution in [3.63, 3.8) is 0 Å². The van der Waals surface area contributed by atoms with Crippen LogP contribution in [0.5, 0.6) is 0 Å². The molecule has 96 valence electrons. The van der Waals surface area contributed by atoms with Crippen molar-refractivity contribution < 1.29 is 12.8 Å². The number of benzene rings is 1. The summed E-state index contributed by atoms with van der Waals surface area (Å²) >= 11 is 0. The van der Waals surface area contributed by atoms with Crippen molar-refractivity contribution in [2.45, 2.75) is 11.4 Å². The quantitative estimate of drug-likeness (QED) is 0.747. The number of aromatic amines is 2. The fourth-order valence-electron chi connectivity index (χ4n) is 1.34. The van der Waals surface area contributed by atoms with Gasteiger partial charge < -0.3 is 5.10 Å². The highest BCUT2D eigenvalue weighted by Gasteiger charge is 2.13. The standard InChI is InChI=1S/C10H10FN3O3S/c11-7-1-3-9(4-2-7)18(16,17)12-6-8-5-10(15)14-13-8/h1-5,12H,6H2,(H2,13,14,15). The van der Waals surface area contributed by atoms with Crippen LogP contribution in [0, 0.1) is 5.82 Å². The molecule has 6 nitrogen and oxygen atoms in total. The molecule has 0 amide bonds. The monoisotopic (exact) mass is 271 g/mol. The molecule has 2 aromatic rings. The lowest BCUT2D eigenvalue weighted by Gasteiger charge is -2.05. The van der Waals surface area contributed by atoms with E-state index >= 15 is 0 Å². The Morgan fingerprint density at radius 3 is 2.39 bits per heavy atom. The van der Waals surface area contributed by atoms with Crippen LogP contribution in [0.2, 0.25) is 0 Å². The van der Waals surface area contributed by atoms with E-state index in [1.165, 1.54) is 6.07 Å². The van der Waals surface area contributed by atoms with Gasteiger partial charge in [-0.05, 0) is 24.3 Å². The predicted molar refractivity (Wildman–Crippen MR) is 61.8 cm³/mol. The summed E-state index contributed by atoms with van der Waals surface area (Å²) in [4.78, 5) is 10.8. The number of hydrogen-bond donors (Lipinski definition) is 3. The van der Waals surface area contributed by atoms with Crippen LogP contribution in [0.25, 0.3) is 0 Å². The van der Waals surface area contributed by atoms with Crippen molar-refractivity contribution in [3.8, 4) is 0 Å². The molecular formula is C10H10FN3O3S. The maximum absolute atomic E-state index is 12.7. The summed E-state index contributed by atoms with van der Waals surface area (Å²) in [6, 6.07) is 5.70. The van der Waals surface area contributed by atoms with Crippen molar-refractivity contribution in [1.82, 2.24) is 14.9 Å². The minimum atomic E-state index is -3.72. The van der Waals surface area contributed by atoms with Crippen LogP contribution in [0.15, 0.2) is 40.0 Å². The molecule has 3 N–H and O–H groups in total. The van der Waals surface area contributed by atoms with Crippen LogP contribution in [-0.2, 0) is 16.6 Å². The minimum absolute atomic E-state index is 0.0400. The summed E-state index contributed by atoms with van der Waals surface area (Å²) in [6.07, 6.45) is 0. The number of sulfonamides is 1. The molecule has 0 saturated carbocycles. The van der Waals surface area contributed by atoms with E-state index in [9.17, 15) is 17.6 Å². The lowest BCUT2D eigenvalue weighted by Crippen LogP contribution is -2.23. The third kappa shape index (κ3) is 2.84. The molecule has 1 aromatic carbocycles. The summed E-state index contributed by atoms with van der Waals surface area (Å²) in [5.41, 5.74) is 0.0664. The molecule has 0 aliphatic carbocycles. The Hall–Kier alpha value is -1.93. The molecule has 8 heteroatoms. The van der Waals surface area contributed by atoms with Gasteiger partial charge in [-0.1, -0.05) is 0 Å². The lowest BCUT2D eigenvalue weighted by molar-refractivity contribution is 0.579. The van der Waals surface area contributed by atoms with Crippen LogP contribution in [0.3, 0.4) is 0 Å². The Balaban J connectivity index is 2.12. The van der Waals surface area contributed by atoms with Gasteiger partial charge in [0.2, 0.25) is 10.0 Å². The van der Waals surface area contributed by atoms with E-state index in [0.29, 0.717) is 5.69 Å². The fraction of sp³-hybridized carbons (Fsp3) is 0.100. The molecule has 0 saturated heterocycles. The molecule has 0 radical (unpaired) electrons. The molecule has 2 rings (SSSR count). The maximum Gasteiger partial charge on any atom is 0.264 e. The first-order valence-corrected chi connectivity index (χ1v) is 6.47. The van der Waals surface area contributed by atoms with Crippen LogP contribution >= 0.6 is 0 Å². The van der Waals surface area contributed by atoms with Crippen molar-refractivity contribution in [2.75, 3.05) is 0 Å². The highest BCUT2D eigenvalue weighted by atomic mass is 32.2. The van der Waals surface area contributed by atoms with E-state index in [1.807, 2.05) is 0 Å². The Kier molecular flexibility index (Phi) is 3.30. The fourth-order valence-corrected chi connectivity index (χ4v) is 2.34. The van der Waals surface area contributed by atoms with Gasteiger partial charge in [-0.3, -0.25) is 9.89 Å². The first-order chi connectivity index (χ1) is 8.47. The molecule has 0 unspecified atom stereocenters. The Labute approximate surface area is 102 Å². The number of hydrogen-bond acceptors (Lipinski definition) is 3. The molecule has 0 spiro atoms. The number of nitrogens with one attached hydrogen (secondary N) is 3. The van der Waals surface area contributed by atoms with Gasteiger partial charge in [-0.25, -0.2) is 17.5 Å². The summed E-state index contributed by atoms with van der Waals surface area (Å²) in [5.74, 6) is -0.510. The highest BCUT2D eigenvalue weighted by molar-refractivity contribution is 7.89. The third-order valence-electron chi connectivity index (χ3n) is 2.23. The normalized spacial score (nSPS) is 11.6. The molecule has 0 fully saturated rings. The lowest BCUT2D eigenvalue weighted by atomic mass is 10.4. The van der Waals surface area contributed by atoms with E-state index in [2.05, 4.69) is 14.9 Å².